The van der Waals surface area contributed by atoms with Crippen LogP contribution >= 0.6 is 0 Å². The normalized spacial score (nSPS) is 12.2. The van der Waals surface area contributed by atoms with Crippen LogP contribution in [0.4, 0.5) is 5.69 Å². The van der Waals surface area contributed by atoms with Gasteiger partial charge < -0.3 is 15.5 Å². The third-order valence-corrected chi connectivity index (χ3v) is 2.63. The first kappa shape index (κ1) is 12.4. The van der Waals surface area contributed by atoms with Crippen LogP contribution in [-0.4, -0.2) is 5.91 Å². The van der Waals surface area contributed by atoms with Crippen molar-refractivity contribution in [3.63, 3.8) is 0 Å². The van der Waals surface area contributed by atoms with Crippen molar-refractivity contribution in [1.29, 1.82) is 0 Å². The molecule has 1 unspecified atom stereocenters. The van der Waals surface area contributed by atoms with Crippen LogP contribution in [0.15, 0.2) is 40.8 Å². The van der Waals surface area contributed by atoms with Crippen molar-refractivity contribution in [1.82, 2.24) is 0 Å². The van der Waals surface area contributed by atoms with Gasteiger partial charge in [-0.3, -0.25) is 4.79 Å². The summed E-state index contributed by atoms with van der Waals surface area (Å²) in [6.07, 6.45) is 0. The van der Waals surface area contributed by atoms with Gasteiger partial charge in [-0.05, 0) is 43.7 Å². The van der Waals surface area contributed by atoms with Crippen molar-refractivity contribution < 1.29 is 9.21 Å². The van der Waals surface area contributed by atoms with Gasteiger partial charge in [0.25, 0.3) is 5.91 Å². The Labute approximate surface area is 106 Å². The van der Waals surface area contributed by atoms with E-state index in [1.807, 2.05) is 31.2 Å². The van der Waals surface area contributed by atoms with Crippen LogP contribution in [0.1, 0.15) is 34.8 Å². The minimum Gasteiger partial charge on any atom is -0.456 e. The van der Waals surface area contributed by atoms with E-state index in [0.717, 1.165) is 5.56 Å². The molecule has 0 radical (unpaired) electrons. The first-order valence-electron chi connectivity index (χ1n) is 5.79. The third kappa shape index (κ3) is 2.78. The number of carbonyl (C=O) groups excluding carboxylic acids is 1. The van der Waals surface area contributed by atoms with E-state index in [1.54, 1.807) is 19.1 Å². The molecular weight excluding hydrogens is 228 g/mol. The van der Waals surface area contributed by atoms with E-state index < -0.39 is 0 Å². The monoisotopic (exact) mass is 244 g/mol. The number of amides is 1. The van der Waals surface area contributed by atoms with E-state index in [1.165, 1.54) is 0 Å². The van der Waals surface area contributed by atoms with Gasteiger partial charge in [0.2, 0.25) is 0 Å². The quantitative estimate of drug-likeness (QED) is 0.872. The Morgan fingerprint density at radius 2 is 2.11 bits per heavy atom. The van der Waals surface area contributed by atoms with Gasteiger partial charge in [-0.1, -0.05) is 12.1 Å². The topological polar surface area (TPSA) is 68.3 Å². The van der Waals surface area contributed by atoms with Gasteiger partial charge in [0.1, 0.15) is 5.76 Å². The number of hydrogen-bond acceptors (Lipinski definition) is 3. The largest absolute Gasteiger partial charge is 0.456 e. The fourth-order valence-corrected chi connectivity index (χ4v) is 1.65. The zero-order valence-corrected chi connectivity index (χ0v) is 10.4. The molecule has 0 aliphatic carbocycles. The number of anilines is 1. The van der Waals surface area contributed by atoms with Crippen LogP contribution < -0.4 is 11.1 Å². The number of hydrogen-bond donors (Lipinski definition) is 2. The lowest BCUT2D eigenvalue weighted by Gasteiger charge is -2.08. The molecule has 1 heterocycles. The molecule has 0 saturated carbocycles. The Morgan fingerprint density at radius 1 is 1.33 bits per heavy atom. The number of aryl methyl sites for hydroxylation is 1. The SMILES string of the molecule is Cc1ccc(C(=O)Nc2cccc(C(C)N)c2)o1. The predicted octanol–water partition coefficient (Wildman–Crippen LogP) is 2.86. The average molecular weight is 244 g/mol. The molecule has 0 bridgehead atoms. The lowest BCUT2D eigenvalue weighted by molar-refractivity contribution is 0.0995. The fourth-order valence-electron chi connectivity index (χ4n) is 1.65. The molecule has 0 spiro atoms. The van der Waals surface area contributed by atoms with Crippen molar-refractivity contribution >= 4 is 11.6 Å². The van der Waals surface area contributed by atoms with Gasteiger partial charge in [-0.25, -0.2) is 0 Å². The Morgan fingerprint density at radius 3 is 2.72 bits per heavy atom. The van der Waals surface area contributed by atoms with Gasteiger partial charge in [0.15, 0.2) is 5.76 Å². The van der Waals surface area contributed by atoms with E-state index in [4.69, 9.17) is 10.2 Å². The maximum absolute atomic E-state index is 11.9. The predicted molar refractivity (Wildman–Crippen MR) is 70.4 cm³/mol. The molecule has 1 amide bonds. The average Bonchev–Trinajstić information content (AvgIpc) is 2.76. The van der Waals surface area contributed by atoms with E-state index in [0.29, 0.717) is 17.2 Å². The minimum absolute atomic E-state index is 0.0623. The van der Waals surface area contributed by atoms with Crippen LogP contribution in [0.2, 0.25) is 0 Å². The van der Waals surface area contributed by atoms with Crippen LogP contribution in [0.3, 0.4) is 0 Å². The second-order valence-electron chi connectivity index (χ2n) is 4.28. The lowest BCUT2D eigenvalue weighted by atomic mass is 10.1. The summed E-state index contributed by atoms with van der Waals surface area (Å²) in [5.41, 5.74) is 7.48. The molecule has 2 aromatic rings. The zero-order chi connectivity index (χ0) is 13.1. The highest BCUT2D eigenvalue weighted by atomic mass is 16.3. The number of benzene rings is 1. The maximum Gasteiger partial charge on any atom is 0.291 e. The molecule has 18 heavy (non-hydrogen) atoms. The van der Waals surface area contributed by atoms with Crippen molar-refractivity contribution in [2.45, 2.75) is 19.9 Å². The smallest absolute Gasteiger partial charge is 0.291 e. The molecule has 0 fully saturated rings. The van der Waals surface area contributed by atoms with E-state index >= 15 is 0 Å². The minimum atomic E-state index is -0.259. The summed E-state index contributed by atoms with van der Waals surface area (Å²) in [6.45, 7) is 3.70. The summed E-state index contributed by atoms with van der Waals surface area (Å²) in [6, 6.07) is 10.8. The molecule has 4 heteroatoms. The fraction of sp³-hybridized carbons (Fsp3) is 0.214. The summed E-state index contributed by atoms with van der Waals surface area (Å²) in [7, 11) is 0. The van der Waals surface area contributed by atoms with Crippen LogP contribution in [0, 0.1) is 6.92 Å². The van der Waals surface area contributed by atoms with Gasteiger partial charge in [-0.15, -0.1) is 0 Å². The molecular formula is C14H16N2O2. The number of rotatable bonds is 3. The first-order chi connectivity index (χ1) is 8.56. The molecule has 3 N–H and O–H groups in total. The third-order valence-electron chi connectivity index (χ3n) is 2.63. The van der Waals surface area contributed by atoms with Crippen molar-refractivity contribution in [3.05, 3.63) is 53.5 Å². The second-order valence-corrected chi connectivity index (χ2v) is 4.28. The van der Waals surface area contributed by atoms with Crippen LogP contribution in [0.5, 0.6) is 0 Å². The van der Waals surface area contributed by atoms with Crippen LogP contribution in [0.25, 0.3) is 0 Å². The zero-order valence-electron chi connectivity index (χ0n) is 10.4. The molecule has 94 valence electrons. The van der Waals surface area contributed by atoms with Crippen LogP contribution in [-0.2, 0) is 0 Å². The Kier molecular flexibility index (Phi) is 3.48. The molecule has 4 nitrogen and oxygen atoms in total. The van der Waals surface area contributed by atoms with Crippen molar-refractivity contribution in [2.75, 3.05) is 5.32 Å². The molecule has 0 aliphatic rings. The van der Waals surface area contributed by atoms with E-state index in [9.17, 15) is 4.79 Å². The summed E-state index contributed by atoms with van der Waals surface area (Å²) in [5, 5.41) is 2.78. The summed E-state index contributed by atoms with van der Waals surface area (Å²) in [5.74, 6) is 0.758. The van der Waals surface area contributed by atoms with Gasteiger partial charge in [-0.2, -0.15) is 0 Å². The Balaban J connectivity index is 2.14. The summed E-state index contributed by atoms with van der Waals surface area (Å²) in [4.78, 5) is 11.9. The molecule has 1 atom stereocenters. The van der Waals surface area contributed by atoms with Gasteiger partial charge in [0, 0.05) is 11.7 Å². The standard InChI is InChI=1S/C14H16N2O2/c1-9-6-7-13(18-9)14(17)16-12-5-3-4-11(8-12)10(2)15/h3-8,10H,15H2,1-2H3,(H,16,17). The van der Waals surface area contributed by atoms with Crippen molar-refractivity contribution in [3.8, 4) is 0 Å². The first-order valence-corrected chi connectivity index (χ1v) is 5.79. The van der Waals surface area contributed by atoms with Gasteiger partial charge in [0.05, 0.1) is 0 Å². The highest BCUT2D eigenvalue weighted by Gasteiger charge is 2.10. The molecule has 1 aromatic heterocycles. The highest BCUT2D eigenvalue weighted by molar-refractivity contribution is 6.02. The number of nitrogens with one attached hydrogen (secondary N) is 1. The Hall–Kier alpha value is -2.07. The highest BCUT2D eigenvalue weighted by Crippen LogP contribution is 2.17. The molecule has 0 aliphatic heterocycles. The van der Waals surface area contributed by atoms with E-state index in [2.05, 4.69) is 5.32 Å². The molecule has 2 rings (SSSR count). The number of carbonyl (C=O) groups is 1. The number of furan rings is 1. The Bertz CT molecular complexity index is 558. The maximum atomic E-state index is 11.9. The lowest BCUT2D eigenvalue weighted by Crippen LogP contribution is -2.12. The van der Waals surface area contributed by atoms with Gasteiger partial charge >= 0.3 is 0 Å². The molecule has 1 aromatic carbocycles. The summed E-state index contributed by atoms with van der Waals surface area (Å²) < 4.78 is 5.26. The van der Waals surface area contributed by atoms with E-state index in [-0.39, 0.29) is 11.9 Å². The second kappa shape index (κ2) is 5.06. The summed E-state index contributed by atoms with van der Waals surface area (Å²) >= 11 is 0. The number of nitrogens with two attached hydrogens (primary N) is 1. The molecule has 0 saturated heterocycles. The van der Waals surface area contributed by atoms with Crippen molar-refractivity contribution in [2.24, 2.45) is 5.73 Å².